The number of rotatable bonds is 8. The molecule has 5 aromatic rings. The Morgan fingerprint density at radius 1 is 1.06 bits per heavy atom. The third-order valence-electron chi connectivity index (χ3n) is 8.23. The van der Waals surface area contributed by atoms with Crippen molar-refractivity contribution in [3.05, 3.63) is 106 Å². The highest BCUT2D eigenvalue weighted by molar-refractivity contribution is 5.93. The summed E-state index contributed by atoms with van der Waals surface area (Å²) >= 11 is 0. The number of fused-ring (bicyclic) bond motifs is 2. The molecule has 3 heterocycles. The molecule has 0 spiro atoms. The second-order valence-electron chi connectivity index (χ2n) is 12.7. The van der Waals surface area contributed by atoms with Crippen LogP contribution >= 0.6 is 0 Å². The van der Waals surface area contributed by atoms with Gasteiger partial charge in [0.1, 0.15) is 0 Å². The number of carboxylic acids is 1. The van der Waals surface area contributed by atoms with Gasteiger partial charge in [0.25, 0.3) is 5.91 Å². The number of carbonyl (C=O) groups is 2. The second kappa shape index (κ2) is 12.6. The van der Waals surface area contributed by atoms with Crippen LogP contribution in [0.3, 0.4) is 0 Å². The van der Waals surface area contributed by atoms with Gasteiger partial charge in [-0.3, -0.25) is 4.79 Å². The van der Waals surface area contributed by atoms with Gasteiger partial charge in [0.2, 0.25) is 0 Å². The zero-order valence-corrected chi connectivity index (χ0v) is 27.1. The molecule has 3 aromatic carbocycles. The first-order valence-electron chi connectivity index (χ1n) is 15.6. The Balaban J connectivity index is 1.42. The molecule has 2 N–H and O–H groups in total. The van der Waals surface area contributed by atoms with Gasteiger partial charge in [0.05, 0.1) is 17.9 Å². The van der Waals surface area contributed by atoms with Crippen molar-refractivity contribution in [2.24, 2.45) is 0 Å². The summed E-state index contributed by atoms with van der Waals surface area (Å²) in [5.41, 5.74) is 5.40. The predicted molar refractivity (Wildman–Crippen MR) is 176 cm³/mol. The van der Waals surface area contributed by atoms with Crippen molar-refractivity contribution in [3.63, 3.8) is 0 Å². The molecule has 1 aliphatic heterocycles. The van der Waals surface area contributed by atoms with Crippen LogP contribution in [0.25, 0.3) is 28.0 Å². The molecule has 0 aliphatic carbocycles. The van der Waals surface area contributed by atoms with Crippen molar-refractivity contribution in [2.75, 3.05) is 6.61 Å². The zero-order chi connectivity index (χ0) is 33.5. The number of hydrogen-bond donors (Lipinski definition) is 2. The monoisotopic (exact) mass is 636 g/mol. The zero-order valence-electron chi connectivity index (χ0n) is 27.1. The third kappa shape index (κ3) is 6.46. The van der Waals surface area contributed by atoms with Crippen LogP contribution in [-0.4, -0.2) is 43.8 Å². The number of aryl methyl sites for hydroxylation is 1. The van der Waals surface area contributed by atoms with E-state index in [2.05, 4.69) is 15.4 Å². The van der Waals surface area contributed by atoms with Crippen LogP contribution in [0.2, 0.25) is 0 Å². The van der Waals surface area contributed by atoms with Crippen molar-refractivity contribution >= 4 is 17.5 Å². The van der Waals surface area contributed by atoms with Crippen LogP contribution in [0.4, 0.5) is 4.39 Å². The molecule has 10 heteroatoms. The van der Waals surface area contributed by atoms with E-state index in [0.717, 1.165) is 28.7 Å². The topological polar surface area (TPSA) is 115 Å². The lowest BCUT2D eigenvalue weighted by molar-refractivity contribution is -0.160. The van der Waals surface area contributed by atoms with E-state index in [9.17, 15) is 14.7 Å². The quantitative estimate of drug-likeness (QED) is 0.188. The van der Waals surface area contributed by atoms with Crippen LogP contribution < -0.4 is 10.1 Å². The normalized spacial score (nSPS) is 13.6. The van der Waals surface area contributed by atoms with Crippen LogP contribution in [0, 0.1) is 19.7 Å². The maximum Gasteiger partial charge on any atom is 0.337 e. The molecular formula is C37H37FN4O5. The number of carbonyl (C=O) groups excluding carboxylic acids is 1. The molecule has 47 heavy (non-hydrogen) atoms. The minimum absolute atomic E-state index is 0.0826. The SMILES string of the molecule is Cc1nc2cc(C(=O)NCc3ccc(-c4ccccc4)cc3)nn2c(-c2cc(F)c3c(c2C)CCCO3)c1C(OC(C)(C)C)C(=O)O. The number of aromatic nitrogens is 3. The van der Waals surface area contributed by atoms with Gasteiger partial charge < -0.3 is 19.9 Å². The molecule has 0 saturated heterocycles. The first kappa shape index (κ1) is 31.9. The molecule has 0 radical (unpaired) electrons. The van der Waals surface area contributed by atoms with E-state index in [0.29, 0.717) is 41.2 Å². The first-order valence-corrected chi connectivity index (χ1v) is 15.6. The Morgan fingerprint density at radius 3 is 2.45 bits per heavy atom. The number of hydrogen-bond acceptors (Lipinski definition) is 6. The van der Waals surface area contributed by atoms with Crippen molar-refractivity contribution < 1.29 is 28.6 Å². The third-order valence-corrected chi connectivity index (χ3v) is 8.23. The number of amides is 1. The van der Waals surface area contributed by atoms with E-state index < -0.39 is 29.4 Å². The maximum atomic E-state index is 15.6. The molecule has 242 valence electrons. The van der Waals surface area contributed by atoms with E-state index in [1.165, 1.54) is 10.6 Å². The Morgan fingerprint density at radius 2 is 1.77 bits per heavy atom. The summed E-state index contributed by atoms with van der Waals surface area (Å²) in [6, 6.07) is 20.8. The highest BCUT2D eigenvalue weighted by atomic mass is 19.1. The number of ether oxygens (including phenoxy) is 2. The molecule has 9 nitrogen and oxygen atoms in total. The van der Waals surface area contributed by atoms with Gasteiger partial charge in [-0.1, -0.05) is 54.6 Å². The average molecular weight is 637 g/mol. The lowest BCUT2D eigenvalue weighted by Gasteiger charge is -2.28. The number of nitrogens with zero attached hydrogens (tertiary/aromatic N) is 3. The average Bonchev–Trinajstić information content (AvgIpc) is 3.48. The fraction of sp³-hybridized carbons (Fsp3) is 0.297. The highest BCUT2D eigenvalue weighted by Gasteiger charge is 2.35. The molecule has 2 aromatic heterocycles. The molecule has 6 rings (SSSR count). The second-order valence-corrected chi connectivity index (χ2v) is 12.7. The van der Waals surface area contributed by atoms with Gasteiger partial charge in [-0.25, -0.2) is 18.7 Å². The van der Waals surface area contributed by atoms with E-state index >= 15 is 4.39 Å². The van der Waals surface area contributed by atoms with E-state index in [4.69, 9.17) is 9.47 Å². The Hall–Kier alpha value is -5.09. The lowest BCUT2D eigenvalue weighted by Crippen LogP contribution is -2.29. The standard InChI is InChI=1S/C37H37FN4O5/c1-21-26-12-9-17-46-33(26)28(38)18-27(21)32-31(34(36(44)45)47-37(3,4)5)22(2)40-30-19-29(41-42(30)32)35(43)39-20-23-13-15-25(16-14-23)24-10-7-6-8-11-24/h6-8,10-11,13-16,18-19,34H,9,12,17,20H2,1-5H3,(H,39,43)(H,44,45). The van der Waals surface area contributed by atoms with Crippen molar-refractivity contribution in [2.45, 2.75) is 65.7 Å². The minimum atomic E-state index is -1.45. The van der Waals surface area contributed by atoms with Gasteiger partial charge in [0.15, 0.2) is 29.0 Å². The number of benzene rings is 3. The summed E-state index contributed by atoms with van der Waals surface area (Å²) < 4.78 is 28.7. The molecule has 0 saturated carbocycles. The predicted octanol–water partition coefficient (Wildman–Crippen LogP) is 7.02. The Labute approximate surface area is 272 Å². The molecule has 1 unspecified atom stereocenters. The highest BCUT2D eigenvalue weighted by Crippen LogP contribution is 2.41. The molecule has 0 fully saturated rings. The summed E-state index contributed by atoms with van der Waals surface area (Å²) in [6.45, 7) is 9.50. The number of nitrogens with one attached hydrogen (secondary N) is 1. The van der Waals surface area contributed by atoms with Crippen LogP contribution in [0.15, 0.2) is 66.7 Å². The fourth-order valence-corrected chi connectivity index (χ4v) is 6.03. The Bertz CT molecular complexity index is 1980. The smallest absolute Gasteiger partial charge is 0.337 e. The molecule has 1 atom stereocenters. The fourth-order valence-electron chi connectivity index (χ4n) is 6.03. The van der Waals surface area contributed by atoms with Crippen molar-refractivity contribution in [3.8, 4) is 28.1 Å². The van der Waals surface area contributed by atoms with E-state index in [1.807, 2.05) is 61.5 Å². The summed E-state index contributed by atoms with van der Waals surface area (Å²) in [5, 5.41) is 17.9. The van der Waals surface area contributed by atoms with Gasteiger partial charge >= 0.3 is 5.97 Å². The summed E-state index contributed by atoms with van der Waals surface area (Å²) in [6.07, 6.45) is -0.119. The van der Waals surface area contributed by atoms with Gasteiger partial charge in [-0.15, -0.1) is 0 Å². The summed E-state index contributed by atoms with van der Waals surface area (Å²) in [7, 11) is 0. The molecule has 1 aliphatic rings. The van der Waals surface area contributed by atoms with Crippen molar-refractivity contribution in [1.82, 2.24) is 19.9 Å². The molecule has 1 amide bonds. The number of carboxylic acid groups (broad SMARTS) is 1. The lowest BCUT2D eigenvalue weighted by atomic mass is 9.91. The number of aliphatic carboxylic acids is 1. The van der Waals surface area contributed by atoms with Crippen LogP contribution in [0.1, 0.15) is 71.7 Å². The van der Waals surface area contributed by atoms with Crippen LogP contribution in [-0.2, 0) is 22.5 Å². The molecular weight excluding hydrogens is 599 g/mol. The Kier molecular flexibility index (Phi) is 8.55. The van der Waals surface area contributed by atoms with E-state index in [-0.39, 0.29) is 23.6 Å². The van der Waals surface area contributed by atoms with Crippen molar-refractivity contribution in [1.29, 1.82) is 0 Å². The first-order chi connectivity index (χ1) is 22.4. The molecule has 0 bridgehead atoms. The van der Waals surface area contributed by atoms with Gasteiger partial charge in [0, 0.05) is 35.0 Å². The number of halogens is 1. The summed E-state index contributed by atoms with van der Waals surface area (Å²) in [5.74, 6) is -2.01. The summed E-state index contributed by atoms with van der Waals surface area (Å²) in [4.78, 5) is 30.8. The largest absolute Gasteiger partial charge is 0.490 e. The minimum Gasteiger partial charge on any atom is -0.490 e. The van der Waals surface area contributed by atoms with E-state index in [1.54, 1.807) is 33.8 Å². The van der Waals surface area contributed by atoms with Crippen LogP contribution in [0.5, 0.6) is 5.75 Å². The van der Waals surface area contributed by atoms with Gasteiger partial charge in [-0.05, 0) is 75.8 Å². The maximum absolute atomic E-state index is 15.6. The van der Waals surface area contributed by atoms with Gasteiger partial charge in [-0.2, -0.15) is 5.10 Å².